The lowest BCUT2D eigenvalue weighted by atomic mass is 9.87. The van der Waals surface area contributed by atoms with Gasteiger partial charge in [0.1, 0.15) is 5.54 Å². The molecule has 34 heavy (non-hydrogen) atoms. The van der Waals surface area contributed by atoms with Crippen molar-refractivity contribution in [3.8, 4) is 11.5 Å². The van der Waals surface area contributed by atoms with Crippen LogP contribution in [0.4, 0.5) is 4.79 Å². The molecule has 2 heterocycles. The van der Waals surface area contributed by atoms with Crippen molar-refractivity contribution < 1.29 is 32.3 Å². The first-order chi connectivity index (χ1) is 16.3. The molecule has 11 nitrogen and oxygen atoms in total. The highest BCUT2D eigenvalue weighted by molar-refractivity contribution is 7.89. The molecule has 4 amide bonds. The van der Waals surface area contributed by atoms with E-state index in [2.05, 4.69) is 15.5 Å². The van der Waals surface area contributed by atoms with E-state index in [9.17, 15) is 22.8 Å². The normalized spacial score (nSPS) is 20.0. The number of amides is 4. The number of carbonyl (C=O) groups excluding carboxylic acids is 3. The fraction of sp³-hybridized carbons (Fsp3) is 0.318. The molecule has 0 aromatic heterocycles. The standard InChI is InChI=1S/C22H24N4O7S/c1-2-22(15-7-4-3-5-8-15)20(28)26(21(29)24-22)25-19(27)14-23-34(30,31)16-9-10-17-18(13-16)33-12-6-11-32-17/h3-5,7-10,13,23H,2,6,11-12,14H2,1H3,(H,24,29)(H,25,27). The van der Waals surface area contributed by atoms with Gasteiger partial charge < -0.3 is 14.8 Å². The average Bonchev–Trinajstić information content (AvgIpc) is 2.99. The molecule has 1 saturated heterocycles. The average molecular weight is 489 g/mol. The SMILES string of the molecule is CCC1(c2ccccc2)NC(=O)N(NC(=O)CNS(=O)(=O)c2ccc3c(c2)OCCCO3)C1=O. The molecular formula is C22H24N4O7S. The molecule has 0 bridgehead atoms. The number of sulfonamides is 1. The van der Waals surface area contributed by atoms with Crippen LogP contribution in [0, 0.1) is 0 Å². The maximum atomic E-state index is 13.1. The van der Waals surface area contributed by atoms with Gasteiger partial charge in [-0.05, 0) is 24.1 Å². The largest absolute Gasteiger partial charge is 0.490 e. The van der Waals surface area contributed by atoms with Crippen LogP contribution in [0.5, 0.6) is 11.5 Å². The maximum Gasteiger partial charge on any atom is 0.344 e. The highest BCUT2D eigenvalue weighted by Crippen LogP contribution is 2.32. The van der Waals surface area contributed by atoms with Crippen molar-refractivity contribution >= 4 is 27.9 Å². The minimum absolute atomic E-state index is 0.117. The third-order valence-corrected chi connectivity index (χ3v) is 6.98. The zero-order valence-corrected chi connectivity index (χ0v) is 19.2. The van der Waals surface area contributed by atoms with Crippen LogP contribution < -0.4 is 24.9 Å². The summed E-state index contributed by atoms with van der Waals surface area (Å²) in [7, 11) is -4.08. The number of ether oxygens (including phenoxy) is 2. The quantitative estimate of drug-likeness (QED) is 0.494. The van der Waals surface area contributed by atoms with Crippen LogP contribution in [0.2, 0.25) is 0 Å². The number of hydrogen-bond acceptors (Lipinski definition) is 7. The molecule has 4 rings (SSSR count). The summed E-state index contributed by atoms with van der Waals surface area (Å²) in [5, 5.41) is 3.20. The molecule has 0 aliphatic carbocycles. The predicted molar refractivity (Wildman–Crippen MR) is 119 cm³/mol. The van der Waals surface area contributed by atoms with Crippen LogP contribution in [0.15, 0.2) is 53.4 Å². The molecule has 3 N–H and O–H groups in total. The first kappa shape index (κ1) is 23.5. The Balaban J connectivity index is 1.42. The Morgan fingerprint density at radius 1 is 1.09 bits per heavy atom. The Morgan fingerprint density at radius 3 is 2.50 bits per heavy atom. The van der Waals surface area contributed by atoms with Crippen molar-refractivity contribution in [2.24, 2.45) is 0 Å². The topological polar surface area (TPSA) is 143 Å². The summed E-state index contributed by atoms with van der Waals surface area (Å²) < 4.78 is 38.5. The molecule has 12 heteroatoms. The molecule has 0 radical (unpaired) electrons. The maximum absolute atomic E-state index is 13.1. The van der Waals surface area contributed by atoms with Crippen molar-refractivity contribution in [1.29, 1.82) is 0 Å². The molecule has 2 aromatic carbocycles. The van der Waals surface area contributed by atoms with Crippen molar-refractivity contribution in [2.75, 3.05) is 19.8 Å². The molecule has 1 unspecified atom stereocenters. The monoisotopic (exact) mass is 488 g/mol. The van der Waals surface area contributed by atoms with Gasteiger partial charge in [-0.1, -0.05) is 37.3 Å². The van der Waals surface area contributed by atoms with Gasteiger partial charge in [-0.3, -0.25) is 15.0 Å². The molecule has 2 aromatic rings. The van der Waals surface area contributed by atoms with E-state index in [0.29, 0.717) is 41.7 Å². The number of urea groups is 1. The summed E-state index contributed by atoms with van der Waals surface area (Å²) in [6, 6.07) is 12.0. The van der Waals surface area contributed by atoms with Gasteiger partial charge in [-0.2, -0.15) is 5.01 Å². The number of nitrogens with one attached hydrogen (secondary N) is 3. The van der Waals surface area contributed by atoms with Gasteiger partial charge in [-0.15, -0.1) is 0 Å². The number of imide groups is 1. The molecule has 1 fully saturated rings. The Kier molecular flexibility index (Phi) is 6.44. The van der Waals surface area contributed by atoms with E-state index in [1.165, 1.54) is 18.2 Å². The van der Waals surface area contributed by atoms with Gasteiger partial charge in [-0.25, -0.2) is 17.9 Å². The van der Waals surface area contributed by atoms with Gasteiger partial charge in [0, 0.05) is 12.5 Å². The smallest absolute Gasteiger partial charge is 0.344 e. The lowest BCUT2D eigenvalue weighted by Gasteiger charge is -2.25. The van der Waals surface area contributed by atoms with E-state index in [1.807, 2.05) is 0 Å². The molecule has 2 aliphatic rings. The third kappa shape index (κ3) is 4.41. The molecule has 0 spiro atoms. The van der Waals surface area contributed by atoms with Crippen molar-refractivity contribution in [3.63, 3.8) is 0 Å². The van der Waals surface area contributed by atoms with E-state index in [0.717, 1.165) is 0 Å². The second kappa shape index (κ2) is 9.31. The number of hydrogen-bond donors (Lipinski definition) is 3. The molecule has 2 aliphatic heterocycles. The fourth-order valence-electron chi connectivity index (χ4n) is 3.76. The Morgan fingerprint density at radius 2 is 1.79 bits per heavy atom. The van der Waals surface area contributed by atoms with Crippen LogP contribution in [-0.4, -0.2) is 51.0 Å². The Labute approximate surface area is 196 Å². The minimum atomic E-state index is -4.08. The van der Waals surface area contributed by atoms with Crippen LogP contribution in [0.1, 0.15) is 25.3 Å². The summed E-state index contributed by atoms with van der Waals surface area (Å²) in [5.74, 6) is -0.821. The minimum Gasteiger partial charge on any atom is -0.490 e. The zero-order valence-electron chi connectivity index (χ0n) is 18.4. The lowest BCUT2D eigenvalue weighted by Crippen LogP contribution is -2.51. The molecule has 1 atom stereocenters. The van der Waals surface area contributed by atoms with Gasteiger partial charge in [0.25, 0.3) is 11.8 Å². The van der Waals surface area contributed by atoms with Gasteiger partial charge in [0.15, 0.2) is 11.5 Å². The second-order valence-corrected chi connectivity index (χ2v) is 9.48. The van der Waals surface area contributed by atoms with Crippen molar-refractivity contribution in [1.82, 2.24) is 20.5 Å². The van der Waals surface area contributed by atoms with E-state index < -0.39 is 40.0 Å². The number of nitrogens with zero attached hydrogens (tertiary/aromatic N) is 1. The van der Waals surface area contributed by atoms with Crippen molar-refractivity contribution in [3.05, 3.63) is 54.1 Å². The van der Waals surface area contributed by atoms with Gasteiger partial charge >= 0.3 is 6.03 Å². The first-order valence-electron chi connectivity index (χ1n) is 10.7. The van der Waals surface area contributed by atoms with E-state index in [4.69, 9.17) is 9.47 Å². The highest BCUT2D eigenvalue weighted by Gasteiger charge is 2.52. The number of benzene rings is 2. The van der Waals surface area contributed by atoms with E-state index in [1.54, 1.807) is 37.3 Å². The van der Waals surface area contributed by atoms with Crippen LogP contribution >= 0.6 is 0 Å². The first-order valence-corrected chi connectivity index (χ1v) is 12.2. The highest BCUT2D eigenvalue weighted by atomic mass is 32.2. The number of fused-ring (bicyclic) bond motifs is 1. The summed E-state index contributed by atoms with van der Waals surface area (Å²) in [5.41, 5.74) is 1.43. The predicted octanol–water partition coefficient (Wildman–Crippen LogP) is 1.01. The van der Waals surface area contributed by atoms with E-state index >= 15 is 0 Å². The number of hydrazine groups is 1. The summed E-state index contributed by atoms with van der Waals surface area (Å²) in [6.45, 7) is 1.89. The zero-order chi connectivity index (χ0) is 24.3. The Bertz CT molecular complexity index is 1220. The molecule has 0 saturated carbocycles. The summed E-state index contributed by atoms with van der Waals surface area (Å²) in [6.07, 6.45) is 0.923. The number of rotatable bonds is 7. The van der Waals surface area contributed by atoms with Crippen LogP contribution in [0.3, 0.4) is 0 Å². The van der Waals surface area contributed by atoms with E-state index in [-0.39, 0.29) is 11.3 Å². The second-order valence-electron chi connectivity index (χ2n) is 7.71. The molecule has 180 valence electrons. The third-order valence-electron chi connectivity index (χ3n) is 5.58. The molecular weight excluding hydrogens is 464 g/mol. The van der Waals surface area contributed by atoms with Crippen LogP contribution in [-0.2, 0) is 25.2 Å². The fourth-order valence-corrected chi connectivity index (χ4v) is 4.75. The summed E-state index contributed by atoms with van der Waals surface area (Å²) in [4.78, 5) is 37.8. The Hall–Kier alpha value is -3.64. The van der Waals surface area contributed by atoms with Gasteiger partial charge in [0.2, 0.25) is 10.0 Å². The lowest BCUT2D eigenvalue weighted by molar-refractivity contribution is -0.139. The van der Waals surface area contributed by atoms with Crippen LogP contribution in [0.25, 0.3) is 0 Å². The van der Waals surface area contributed by atoms with Crippen molar-refractivity contribution in [2.45, 2.75) is 30.2 Å². The van der Waals surface area contributed by atoms with Gasteiger partial charge in [0.05, 0.1) is 24.7 Å². The summed E-state index contributed by atoms with van der Waals surface area (Å²) >= 11 is 0. The number of carbonyl (C=O) groups is 3.